The van der Waals surface area contributed by atoms with E-state index in [0.29, 0.717) is 5.69 Å². The smallest absolute Gasteiger partial charge is 0.181 e. The molecule has 0 aliphatic rings. The number of carbonyl (C=O) groups excluding carboxylic acids is 1. The maximum absolute atomic E-state index is 11.0. The minimum absolute atomic E-state index is 0.0868. The second-order valence-electron chi connectivity index (χ2n) is 3.06. The number of rotatable bonds is 2. The highest BCUT2D eigenvalue weighted by atomic mass is 79.9. The summed E-state index contributed by atoms with van der Waals surface area (Å²) in [7, 11) is 0. The van der Waals surface area contributed by atoms with Gasteiger partial charge in [0.05, 0.1) is 11.9 Å². The summed E-state index contributed by atoms with van der Waals surface area (Å²) in [6, 6.07) is 7.55. The molecular formula is C10H8BrN3O. The van der Waals surface area contributed by atoms with Crippen LogP contribution in [0.3, 0.4) is 0 Å². The molecule has 5 heteroatoms. The first-order valence-corrected chi connectivity index (χ1v) is 5.15. The highest BCUT2D eigenvalue weighted by Crippen LogP contribution is 2.13. The average Bonchev–Trinajstić information content (AvgIpc) is 2.66. The van der Waals surface area contributed by atoms with Gasteiger partial charge in [-0.1, -0.05) is 22.0 Å². The molecule has 0 spiro atoms. The zero-order valence-electron chi connectivity index (χ0n) is 8.01. The van der Waals surface area contributed by atoms with Gasteiger partial charge < -0.3 is 0 Å². The monoisotopic (exact) mass is 265 g/mol. The molecule has 0 saturated carbocycles. The quantitative estimate of drug-likeness (QED) is 0.783. The number of aromatic nitrogens is 3. The van der Waals surface area contributed by atoms with Crippen LogP contribution >= 0.6 is 15.9 Å². The van der Waals surface area contributed by atoms with Gasteiger partial charge in [0.15, 0.2) is 5.78 Å². The van der Waals surface area contributed by atoms with Crippen molar-refractivity contribution >= 4 is 21.7 Å². The highest BCUT2D eigenvalue weighted by molar-refractivity contribution is 9.10. The summed E-state index contributed by atoms with van der Waals surface area (Å²) < 4.78 is 0.946. The Labute approximate surface area is 95.0 Å². The fraction of sp³-hybridized carbons (Fsp3) is 0.100. The number of halogens is 1. The first kappa shape index (κ1) is 10.0. The Bertz CT molecular complexity index is 507. The summed E-state index contributed by atoms with van der Waals surface area (Å²) in [5, 5.41) is 8.07. The predicted molar refractivity (Wildman–Crippen MR) is 59.1 cm³/mol. The topological polar surface area (TPSA) is 47.8 Å². The second kappa shape index (κ2) is 3.94. The molecular weight excluding hydrogens is 258 g/mol. The molecule has 0 radical (unpaired) electrons. The van der Waals surface area contributed by atoms with Crippen LogP contribution in [0, 0.1) is 0 Å². The van der Waals surface area contributed by atoms with Gasteiger partial charge in [0.2, 0.25) is 0 Å². The molecule has 0 fully saturated rings. The number of carbonyl (C=O) groups is 1. The lowest BCUT2D eigenvalue weighted by Gasteiger charge is -1.98. The maximum Gasteiger partial charge on any atom is 0.181 e. The van der Waals surface area contributed by atoms with E-state index in [1.54, 1.807) is 0 Å². The van der Waals surface area contributed by atoms with E-state index in [4.69, 9.17) is 0 Å². The van der Waals surface area contributed by atoms with Gasteiger partial charge in [-0.15, -0.1) is 5.10 Å². The summed E-state index contributed by atoms with van der Waals surface area (Å²) in [6.45, 7) is 1.47. The largest absolute Gasteiger partial charge is 0.293 e. The van der Waals surface area contributed by atoms with E-state index in [1.165, 1.54) is 17.9 Å². The lowest BCUT2D eigenvalue weighted by molar-refractivity contribution is 0.101. The van der Waals surface area contributed by atoms with E-state index < -0.39 is 0 Å². The number of Topliss-reactive ketones (excluding diaryl/α,β-unsaturated/α-hetero) is 1. The first-order chi connectivity index (χ1) is 7.16. The molecule has 2 rings (SSSR count). The lowest BCUT2D eigenvalue weighted by atomic mass is 10.3. The summed E-state index contributed by atoms with van der Waals surface area (Å²) >= 11 is 3.36. The molecule has 1 aromatic heterocycles. The van der Waals surface area contributed by atoms with Crippen LogP contribution in [0.1, 0.15) is 17.4 Å². The van der Waals surface area contributed by atoms with Crippen LogP contribution in [-0.2, 0) is 0 Å². The van der Waals surface area contributed by atoms with Gasteiger partial charge in [-0.3, -0.25) is 4.79 Å². The van der Waals surface area contributed by atoms with Crippen LogP contribution in [0.5, 0.6) is 0 Å². The summed E-state index contributed by atoms with van der Waals surface area (Å²) in [5.41, 5.74) is 1.19. The van der Waals surface area contributed by atoms with Crippen LogP contribution in [0.15, 0.2) is 34.9 Å². The van der Waals surface area contributed by atoms with Gasteiger partial charge in [0.25, 0.3) is 0 Å². The van der Waals surface area contributed by atoms with Gasteiger partial charge >= 0.3 is 0 Å². The van der Waals surface area contributed by atoms with E-state index in [1.807, 2.05) is 24.3 Å². The van der Waals surface area contributed by atoms with E-state index in [9.17, 15) is 4.79 Å². The Balaban J connectivity index is 2.41. The van der Waals surface area contributed by atoms with Gasteiger partial charge in [0, 0.05) is 11.4 Å². The van der Waals surface area contributed by atoms with Gasteiger partial charge in [0.1, 0.15) is 5.69 Å². The number of hydrogen-bond donors (Lipinski definition) is 0. The van der Waals surface area contributed by atoms with Crippen molar-refractivity contribution in [2.24, 2.45) is 0 Å². The van der Waals surface area contributed by atoms with Crippen molar-refractivity contribution in [3.8, 4) is 5.69 Å². The molecule has 0 amide bonds. The molecule has 1 heterocycles. The van der Waals surface area contributed by atoms with Crippen LogP contribution in [0.4, 0.5) is 0 Å². The molecule has 0 atom stereocenters. The average molecular weight is 266 g/mol. The second-order valence-corrected chi connectivity index (χ2v) is 3.97. The number of ketones is 1. The standard InChI is InChI=1S/C10H8BrN3O/c1-7(15)10-6-12-14(13-10)9-4-2-3-8(11)5-9/h2-6H,1H3. The fourth-order valence-electron chi connectivity index (χ4n) is 1.15. The minimum Gasteiger partial charge on any atom is -0.293 e. The van der Waals surface area contributed by atoms with Crippen molar-refractivity contribution in [2.75, 3.05) is 0 Å². The van der Waals surface area contributed by atoms with E-state index in [-0.39, 0.29) is 5.78 Å². The normalized spacial score (nSPS) is 10.3. The number of hydrogen-bond acceptors (Lipinski definition) is 3. The fourth-order valence-corrected chi connectivity index (χ4v) is 1.54. The molecule has 0 aliphatic carbocycles. The SMILES string of the molecule is CC(=O)c1cnn(-c2cccc(Br)c2)n1. The maximum atomic E-state index is 11.0. The number of nitrogens with zero attached hydrogens (tertiary/aromatic N) is 3. The van der Waals surface area contributed by atoms with Crippen molar-refractivity contribution in [3.63, 3.8) is 0 Å². The Morgan fingerprint density at radius 2 is 2.27 bits per heavy atom. The van der Waals surface area contributed by atoms with Gasteiger partial charge in [-0.05, 0) is 18.2 Å². The van der Waals surface area contributed by atoms with Crippen LogP contribution < -0.4 is 0 Å². The molecule has 2 aromatic rings. The lowest BCUT2D eigenvalue weighted by Crippen LogP contribution is -2.00. The highest BCUT2D eigenvalue weighted by Gasteiger charge is 2.06. The van der Waals surface area contributed by atoms with E-state index in [0.717, 1.165) is 10.2 Å². The molecule has 4 nitrogen and oxygen atoms in total. The summed E-state index contributed by atoms with van der Waals surface area (Å²) in [4.78, 5) is 12.5. The van der Waals surface area contributed by atoms with Crippen molar-refractivity contribution in [2.45, 2.75) is 6.92 Å². The molecule has 0 bridgehead atoms. The van der Waals surface area contributed by atoms with Crippen molar-refractivity contribution in [3.05, 3.63) is 40.6 Å². The molecule has 0 aliphatic heterocycles. The van der Waals surface area contributed by atoms with Gasteiger partial charge in [-0.2, -0.15) is 9.90 Å². The molecule has 0 saturated heterocycles. The molecule has 76 valence electrons. The molecule has 0 unspecified atom stereocenters. The van der Waals surface area contributed by atoms with E-state index in [2.05, 4.69) is 26.1 Å². The Morgan fingerprint density at radius 3 is 2.87 bits per heavy atom. The first-order valence-electron chi connectivity index (χ1n) is 4.36. The summed E-state index contributed by atoms with van der Waals surface area (Å²) in [5.74, 6) is -0.0868. The van der Waals surface area contributed by atoms with Gasteiger partial charge in [-0.25, -0.2) is 0 Å². The van der Waals surface area contributed by atoms with E-state index >= 15 is 0 Å². The zero-order valence-corrected chi connectivity index (χ0v) is 9.60. The van der Waals surface area contributed by atoms with Crippen LogP contribution in [-0.4, -0.2) is 20.8 Å². The Morgan fingerprint density at radius 1 is 1.47 bits per heavy atom. The molecule has 0 N–H and O–H groups in total. The Hall–Kier alpha value is -1.49. The third-order valence-corrected chi connectivity index (χ3v) is 2.38. The van der Waals surface area contributed by atoms with Crippen molar-refractivity contribution in [1.29, 1.82) is 0 Å². The van der Waals surface area contributed by atoms with Crippen LogP contribution in [0.2, 0.25) is 0 Å². The van der Waals surface area contributed by atoms with Crippen molar-refractivity contribution in [1.82, 2.24) is 15.0 Å². The molecule has 1 aromatic carbocycles. The predicted octanol–water partition coefficient (Wildman–Crippen LogP) is 2.23. The summed E-state index contributed by atoms with van der Waals surface area (Å²) in [6.07, 6.45) is 1.46. The Kier molecular flexibility index (Phi) is 2.64. The van der Waals surface area contributed by atoms with Crippen molar-refractivity contribution < 1.29 is 4.79 Å². The molecule has 15 heavy (non-hydrogen) atoms. The third-order valence-electron chi connectivity index (χ3n) is 1.89. The number of benzene rings is 1. The minimum atomic E-state index is -0.0868. The van der Waals surface area contributed by atoms with Crippen LogP contribution in [0.25, 0.3) is 5.69 Å². The zero-order chi connectivity index (χ0) is 10.8. The third kappa shape index (κ3) is 2.12.